The molecule has 0 amide bonds. The molecule has 0 bridgehead atoms. The Kier molecular flexibility index (Phi) is 5.01. The van der Waals surface area contributed by atoms with Crippen molar-refractivity contribution in [3.8, 4) is 0 Å². The maximum Gasteiger partial charge on any atom is 0.249 e. The first kappa shape index (κ1) is 15.9. The number of anilines is 4. The van der Waals surface area contributed by atoms with Crippen molar-refractivity contribution in [2.45, 2.75) is 26.7 Å². The summed E-state index contributed by atoms with van der Waals surface area (Å²) >= 11 is 0. The van der Waals surface area contributed by atoms with Gasteiger partial charge in [0.1, 0.15) is 0 Å². The van der Waals surface area contributed by atoms with Crippen LogP contribution in [0.1, 0.15) is 25.0 Å². The fourth-order valence-electron chi connectivity index (χ4n) is 2.60. The van der Waals surface area contributed by atoms with E-state index < -0.39 is 0 Å². The van der Waals surface area contributed by atoms with Gasteiger partial charge in [0.05, 0.1) is 6.20 Å². The molecule has 122 valence electrons. The molecule has 5 nitrogen and oxygen atoms in total. The van der Waals surface area contributed by atoms with Gasteiger partial charge in [-0.2, -0.15) is 10.1 Å². The molecule has 5 heteroatoms. The van der Waals surface area contributed by atoms with Gasteiger partial charge in [-0.15, -0.1) is 5.10 Å². The van der Waals surface area contributed by atoms with Crippen molar-refractivity contribution in [3.05, 3.63) is 65.9 Å². The number of hydrogen-bond acceptors (Lipinski definition) is 5. The zero-order valence-corrected chi connectivity index (χ0v) is 14.0. The fraction of sp³-hybridized carbons (Fsp3) is 0.211. The van der Waals surface area contributed by atoms with E-state index in [2.05, 4.69) is 57.9 Å². The largest absolute Gasteiger partial charge is 0.338 e. The minimum atomic E-state index is 0.471. The first-order valence-electron chi connectivity index (χ1n) is 8.19. The lowest BCUT2D eigenvalue weighted by atomic mass is 10.0. The van der Waals surface area contributed by atoms with Crippen molar-refractivity contribution < 1.29 is 0 Å². The van der Waals surface area contributed by atoms with Crippen molar-refractivity contribution in [2.24, 2.45) is 0 Å². The van der Waals surface area contributed by atoms with Gasteiger partial charge in [0.2, 0.25) is 5.95 Å². The molecule has 0 atom stereocenters. The molecule has 3 rings (SSSR count). The lowest BCUT2D eigenvalue weighted by Gasteiger charge is -2.15. The monoisotopic (exact) mass is 319 g/mol. The van der Waals surface area contributed by atoms with E-state index >= 15 is 0 Å². The Hall–Kier alpha value is -2.95. The molecule has 0 unspecified atom stereocenters. The van der Waals surface area contributed by atoms with Gasteiger partial charge in [0.15, 0.2) is 5.82 Å². The van der Waals surface area contributed by atoms with E-state index in [1.165, 1.54) is 11.1 Å². The minimum absolute atomic E-state index is 0.471. The quantitative estimate of drug-likeness (QED) is 0.701. The van der Waals surface area contributed by atoms with E-state index in [4.69, 9.17) is 0 Å². The van der Waals surface area contributed by atoms with Crippen LogP contribution in [0.2, 0.25) is 0 Å². The van der Waals surface area contributed by atoms with E-state index in [1.54, 1.807) is 6.20 Å². The first-order chi connectivity index (χ1) is 11.8. The summed E-state index contributed by atoms with van der Waals surface area (Å²) in [7, 11) is 0. The van der Waals surface area contributed by atoms with Gasteiger partial charge in [-0.1, -0.05) is 50.2 Å². The van der Waals surface area contributed by atoms with Gasteiger partial charge in [0.25, 0.3) is 0 Å². The molecule has 0 spiro atoms. The maximum absolute atomic E-state index is 4.52. The number of nitrogens with one attached hydrogen (secondary N) is 2. The summed E-state index contributed by atoms with van der Waals surface area (Å²) in [5.74, 6) is 1.15. The molecular formula is C19H21N5. The SMILES string of the molecule is CCc1cccc(CC)c1Nc1cnnc(Nc2ccccc2)n1. The predicted molar refractivity (Wildman–Crippen MR) is 98.0 cm³/mol. The van der Waals surface area contributed by atoms with Crippen LogP contribution in [0.4, 0.5) is 23.1 Å². The average molecular weight is 319 g/mol. The molecule has 0 radical (unpaired) electrons. The molecule has 0 aliphatic carbocycles. The van der Waals surface area contributed by atoms with E-state index in [0.29, 0.717) is 11.8 Å². The van der Waals surface area contributed by atoms with E-state index in [1.807, 2.05) is 30.3 Å². The Morgan fingerprint density at radius 1 is 0.833 bits per heavy atom. The lowest BCUT2D eigenvalue weighted by Crippen LogP contribution is -2.05. The van der Waals surface area contributed by atoms with Gasteiger partial charge < -0.3 is 10.6 Å². The molecule has 2 aromatic carbocycles. The number of benzene rings is 2. The first-order valence-corrected chi connectivity index (χ1v) is 8.19. The summed E-state index contributed by atoms with van der Waals surface area (Å²) in [4.78, 5) is 4.52. The topological polar surface area (TPSA) is 62.7 Å². The zero-order chi connectivity index (χ0) is 16.8. The fourth-order valence-corrected chi connectivity index (χ4v) is 2.60. The molecule has 0 fully saturated rings. The average Bonchev–Trinajstić information content (AvgIpc) is 2.63. The number of aromatic nitrogens is 3. The number of aryl methyl sites for hydroxylation is 2. The third-order valence-electron chi connectivity index (χ3n) is 3.84. The summed E-state index contributed by atoms with van der Waals surface area (Å²) in [5, 5.41) is 14.7. The molecule has 3 aromatic rings. The number of para-hydroxylation sites is 2. The Bertz CT molecular complexity index is 780. The van der Waals surface area contributed by atoms with E-state index in [-0.39, 0.29) is 0 Å². The van der Waals surface area contributed by atoms with Crippen molar-refractivity contribution in [2.75, 3.05) is 10.6 Å². The summed E-state index contributed by atoms with van der Waals surface area (Å²) in [6, 6.07) is 16.2. The van der Waals surface area contributed by atoms with Crippen molar-refractivity contribution in [1.82, 2.24) is 15.2 Å². The molecule has 1 heterocycles. The van der Waals surface area contributed by atoms with Crippen LogP contribution in [0, 0.1) is 0 Å². The molecular weight excluding hydrogens is 298 g/mol. The highest BCUT2D eigenvalue weighted by Crippen LogP contribution is 2.26. The van der Waals surface area contributed by atoms with Gasteiger partial charge in [0, 0.05) is 11.4 Å². The maximum atomic E-state index is 4.52. The summed E-state index contributed by atoms with van der Waals surface area (Å²) < 4.78 is 0. The minimum Gasteiger partial charge on any atom is -0.338 e. The molecule has 0 saturated heterocycles. The van der Waals surface area contributed by atoms with Crippen LogP contribution in [0.3, 0.4) is 0 Å². The molecule has 0 aliphatic rings. The normalized spacial score (nSPS) is 10.4. The van der Waals surface area contributed by atoms with Crippen LogP contribution in [0.25, 0.3) is 0 Å². The van der Waals surface area contributed by atoms with Crippen molar-refractivity contribution in [1.29, 1.82) is 0 Å². The van der Waals surface area contributed by atoms with Crippen molar-refractivity contribution in [3.63, 3.8) is 0 Å². The lowest BCUT2D eigenvalue weighted by molar-refractivity contribution is 0.980. The number of rotatable bonds is 6. The summed E-state index contributed by atoms with van der Waals surface area (Å²) in [6.07, 6.45) is 3.57. The van der Waals surface area contributed by atoms with Crippen LogP contribution in [-0.2, 0) is 12.8 Å². The Morgan fingerprint density at radius 2 is 1.54 bits per heavy atom. The van der Waals surface area contributed by atoms with E-state index in [9.17, 15) is 0 Å². The van der Waals surface area contributed by atoms with Crippen LogP contribution in [-0.4, -0.2) is 15.2 Å². The second-order valence-corrected chi connectivity index (χ2v) is 5.44. The molecule has 24 heavy (non-hydrogen) atoms. The Labute approximate surface area is 142 Å². The van der Waals surface area contributed by atoms with Crippen LogP contribution in [0.5, 0.6) is 0 Å². The highest BCUT2D eigenvalue weighted by molar-refractivity contribution is 5.65. The molecule has 0 saturated carbocycles. The van der Waals surface area contributed by atoms with Gasteiger partial charge >= 0.3 is 0 Å². The smallest absolute Gasteiger partial charge is 0.249 e. The molecule has 2 N–H and O–H groups in total. The summed E-state index contributed by atoms with van der Waals surface area (Å²) in [5.41, 5.74) is 4.59. The van der Waals surface area contributed by atoms with Crippen LogP contribution in [0.15, 0.2) is 54.7 Å². The molecule has 1 aromatic heterocycles. The van der Waals surface area contributed by atoms with E-state index in [0.717, 1.165) is 24.2 Å². The zero-order valence-electron chi connectivity index (χ0n) is 14.0. The third-order valence-corrected chi connectivity index (χ3v) is 3.84. The predicted octanol–water partition coefficient (Wildman–Crippen LogP) is 4.48. The summed E-state index contributed by atoms with van der Waals surface area (Å²) in [6.45, 7) is 4.31. The van der Waals surface area contributed by atoms with Gasteiger partial charge in [-0.25, -0.2) is 0 Å². The van der Waals surface area contributed by atoms with Crippen LogP contribution < -0.4 is 10.6 Å². The second kappa shape index (κ2) is 7.55. The van der Waals surface area contributed by atoms with Crippen molar-refractivity contribution >= 4 is 23.1 Å². The third kappa shape index (κ3) is 3.68. The Balaban J connectivity index is 1.85. The highest BCUT2D eigenvalue weighted by atomic mass is 15.3. The number of hydrogen-bond donors (Lipinski definition) is 2. The standard InChI is InChI=1S/C19H21N5/c1-3-14-9-8-10-15(4-2)18(14)22-17-13-20-24-19(23-17)21-16-11-6-5-7-12-16/h5-13H,3-4H2,1-2H3,(H2,21,22,23,24). The van der Waals surface area contributed by atoms with Gasteiger partial charge in [-0.3, -0.25) is 0 Å². The van der Waals surface area contributed by atoms with Crippen LogP contribution >= 0.6 is 0 Å². The second-order valence-electron chi connectivity index (χ2n) is 5.44. The number of nitrogens with zero attached hydrogens (tertiary/aromatic N) is 3. The highest BCUT2D eigenvalue weighted by Gasteiger charge is 2.08. The van der Waals surface area contributed by atoms with Gasteiger partial charge in [-0.05, 0) is 36.1 Å². The molecule has 0 aliphatic heterocycles. The Morgan fingerprint density at radius 3 is 2.21 bits per heavy atom.